The SMILES string of the molecule is CCOC(=O)c1cc(-c2ccc(Br)cc2)nc(-c2ccc(Br)cc2)n1. The van der Waals surface area contributed by atoms with Gasteiger partial charge in [0.25, 0.3) is 0 Å². The smallest absolute Gasteiger partial charge is 0.357 e. The van der Waals surface area contributed by atoms with Crippen LogP contribution in [0.25, 0.3) is 22.6 Å². The topological polar surface area (TPSA) is 52.1 Å². The highest BCUT2D eigenvalue weighted by atomic mass is 79.9. The number of rotatable bonds is 4. The molecule has 3 aromatic rings. The molecule has 3 rings (SSSR count). The van der Waals surface area contributed by atoms with Gasteiger partial charge in [0.2, 0.25) is 0 Å². The third-order valence-corrected chi connectivity index (χ3v) is 4.51. The van der Waals surface area contributed by atoms with Crippen molar-refractivity contribution in [1.29, 1.82) is 0 Å². The summed E-state index contributed by atoms with van der Waals surface area (Å²) in [4.78, 5) is 21.2. The van der Waals surface area contributed by atoms with E-state index in [1.807, 2.05) is 48.5 Å². The molecule has 1 aromatic heterocycles. The van der Waals surface area contributed by atoms with E-state index >= 15 is 0 Å². The monoisotopic (exact) mass is 460 g/mol. The van der Waals surface area contributed by atoms with Crippen molar-refractivity contribution in [1.82, 2.24) is 9.97 Å². The van der Waals surface area contributed by atoms with Crippen molar-refractivity contribution >= 4 is 37.8 Å². The second kappa shape index (κ2) is 7.89. The summed E-state index contributed by atoms with van der Waals surface area (Å²) < 4.78 is 7.04. The zero-order valence-corrected chi connectivity index (χ0v) is 16.5. The van der Waals surface area contributed by atoms with Gasteiger partial charge in [0.05, 0.1) is 12.3 Å². The molecule has 6 heteroatoms. The van der Waals surface area contributed by atoms with E-state index in [4.69, 9.17) is 4.74 Å². The average molecular weight is 462 g/mol. The van der Waals surface area contributed by atoms with Crippen molar-refractivity contribution in [2.45, 2.75) is 6.92 Å². The van der Waals surface area contributed by atoms with Crippen LogP contribution in [-0.4, -0.2) is 22.5 Å². The molecule has 0 unspecified atom stereocenters. The van der Waals surface area contributed by atoms with Gasteiger partial charge >= 0.3 is 5.97 Å². The van der Waals surface area contributed by atoms with Crippen LogP contribution in [0, 0.1) is 0 Å². The largest absolute Gasteiger partial charge is 0.461 e. The summed E-state index contributed by atoms with van der Waals surface area (Å²) in [6, 6.07) is 17.0. The quantitative estimate of drug-likeness (QED) is 0.480. The second-order valence-electron chi connectivity index (χ2n) is 5.20. The standard InChI is InChI=1S/C19H14Br2N2O2/c1-2-25-19(24)17-11-16(12-3-7-14(20)8-4-12)22-18(23-17)13-5-9-15(21)10-6-13/h3-11H,2H2,1H3. The summed E-state index contributed by atoms with van der Waals surface area (Å²) in [7, 11) is 0. The summed E-state index contributed by atoms with van der Waals surface area (Å²) in [6.07, 6.45) is 0. The van der Waals surface area contributed by atoms with E-state index in [-0.39, 0.29) is 5.69 Å². The van der Waals surface area contributed by atoms with Crippen molar-refractivity contribution < 1.29 is 9.53 Å². The van der Waals surface area contributed by atoms with Gasteiger partial charge in [-0.05, 0) is 37.3 Å². The first-order chi connectivity index (χ1) is 12.1. The first kappa shape index (κ1) is 17.8. The van der Waals surface area contributed by atoms with E-state index in [0.29, 0.717) is 18.1 Å². The van der Waals surface area contributed by atoms with Crippen molar-refractivity contribution in [2.75, 3.05) is 6.61 Å². The number of nitrogens with zero attached hydrogens (tertiary/aromatic N) is 2. The molecule has 2 aromatic carbocycles. The summed E-state index contributed by atoms with van der Waals surface area (Å²) in [5.41, 5.74) is 2.64. The maximum absolute atomic E-state index is 12.2. The van der Waals surface area contributed by atoms with Gasteiger partial charge in [0.15, 0.2) is 11.5 Å². The summed E-state index contributed by atoms with van der Waals surface area (Å²) in [5, 5.41) is 0. The lowest BCUT2D eigenvalue weighted by Gasteiger charge is -2.09. The molecule has 0 radical (unpaired) electrons. The maximum atomic E-state index is 12.2. The Bertz CT molecular complexity index is 831. The highest BCUT2D eigenvalue weighted by Crippen LogP contribution is 2.25. The van der Waals surface area contributed by atoms with Gasteiger partial charge in [-0.2, -0.15) is 0 Å². The highest BCUT2D eigenvalue weighted by Gasteiger charge is 2.15. The van der Waals surface area contributed by atoms with Crippen LogP contribution in [-0.2, 0) is 4.74 Å². The number of benzene rings is 2. The van der Waals surface area contributed by atoms with Gasteiger partial charge in [-0.1, -0.05) is 56.1 Å². The number of hydrogen-bond acceptors (Lipinski definition) is 4. The van der Waals surface area contributed by atoms with Gasteiger partial charge in [-0.25, -0.2) is 14.8 Å². The van der Waals surface area contributed by atoms with Crippen LogP contribution in [0.5, 0.6) is 0 Å². The Hall–Kier alpha value is -2.05. The van der Waals surface area contributed by atoms with Crippen LogP contribution in [0.1, 0.15) is 17.4 Å². The number of aromatic nitrogens is 2. The van der Waals surface area contributed by atoms with Crippen molar-refractivity contribution in [3.8, 4) is 22.6 Å². The molecule has 0 saturated heterocycles. The summed E-state index contributed by atoms with van der Waals surface area (Å²) in [6.45, 7) is 2.06. The predicted molar refractivity (Wildman–Crippen MR) is 104 cm³/mol. The average Bonchev–Trinajstić information content (AvgIpc) is 2.63. The van der Waals surface area contributed by atoms with Crippen LogP contribution in [0.4, 0.5) is 0 Å². The van der Waals surface area contributed by atoms with Crippen LogP contribution in [0.2, 0.25) is 0 Å². The molecule has 126 valence electrons. The van der Waals surface area contributed by atoms with Crippen molar-refractivity contribution in [3.63, 3.8) is 0 Å². The Morgan fingerprint density at radius 1 is 0.920 bits per heavy atom. The number of esters is 1. The minimum atomic E-state index is -0.457. The molecule has 0 saturated carbocycles. The minimum absolute atomic E-state index is 0.243. The van der Waals surface area contributed by atoms with E-state index in [9.17, 15) is 4.79 Å². The zero-order chi connectivity index (χ0) is 17.8. The molecular formula is C19H14Br2N2O2. The molecule has 0 fully saturated rings. The molecule has 25 heavy (non-hydrogen) atoms. The fourth-order valence-electron chi connectivity index (χ4n) is 2.25. The Morgan fingerprint density at radius 2 is 1.48 bits per heavy atom. The van der Waals surface area contributed by atoms with E-state index in [1.54, 1.807) is 13.0 Å². The number of hydrogen-bond donors (Lipinski definition) is 0. The Labute approximate surface area is 162 Å². The van der Waals surface area contributed by atoms with E-state index in [1.165, 1.54) is 0 Å². The summed E-state index contributed by atoms with van der Waals surface area (Å²) in [5.74, 6) is 0.0256. The van der Waals surface area contributed by atoms with Crippen LogP contribution in [0.15, 0.2) is 63.5 Å². The molecule has 0 bridgehead atoms. The van der Waals surface area contributed by atoms with E-state index < -0.39 is 5.97 Å². The molecule has 0 N–H and O–H groups in total. The minimum Gasteiger partial charge on any atom is -0.461 e. The second-order valence-corrected chi connectivity index (χ2v) is 7.03. The Morgan fingerprint density at radius 3 is 2.04 bits per heavy atom. The maximum Gasteiger partial charge on any atom is 0.357 e. The van der Waals surface area contributed by atoms with Gasteiger partial charge < -0.3 is 4.74 Å². The first-order valence-electron chi connectivity index (χ1n) is 7.65. The van der Waals surface area contributed by atoms with Crippen molar-refractivity contribution in [2.24, 2.45) is 0 Å². The number of halogens is 2. The Balaban J connectivity index is 2.12. The lowest BCUT2D eigenvalue weighted by Crippen LogP contribution is -2.09. The molecule has 1 heterocycles. The molecule has 0 spiro atoms. The fourth-order valence-corrected chi connectivity index (χ4v) is 2.78. The number of carbonyl (C=O) groups excluding carboxylic acids is 1. The van der Waals surface area contributed by atoms with E-state index in [2.05, 4.69) is 41.8 Å². The highest BCUT2D eigenvalue weighted by molar-refractivity contribution is 9.10. The molecule has 4 nitrogen and oxygen atoms in total. The molecule has 0 atom stereocenters. The fraction of sp³-hybridized carbons (Fsp3) is 0.105. The summed E-state index contributed by atoms with van der Waals surface area (Å²) >= 11 is 6.84. The predicted octanol–water partition coefficient (Wildman–Crippen LogP) is 5.51. The van der Waals surface area contributed by atoms with Gasteiger partial charge in [0, 0.05) is 20.1 Å². The van der Waals surface area contributed by atoms with E-state index in [0.717, 1.165) is 20.1 Å². The molecular weight excluding hydrogens is 448 g/mol. The third kappa shape index (κ3) is 4.32. The molecule has 0 aliphatic heterocycles. The normalized spacial score (nSPS) is 10.5. The zero-order valence-electron chi connectivity index (χ0n) is 13.4. The van der Waals surface area contributed by atoms with Crippen LogP contribution in [0.3, 0.4) is 0 Å². The number of ether oxygens (including phenoxy) is 1. The van der Waals surface area contributed by atoms with Gasteiger partial charge in [-0.15, -0.1) is 0 Å². The van der Waals surface area contributed by atoms with Crippen LogP contribution < -0.4 is 0 Å². The van der Waals surface area contributed by atoms with Crippen molar-refractivity contribution in [3.05, 3.63) is 69.2 Å². The third-order valence-electron chi connectivity index (χ3n) is 3.45. The number of carbonyl (C=O) groups is 1. The first-order valence-corrected chi connectivity index (χ1v) is 9.23. The molecule has 0 aliphatic carbocycles. The van der Waals surface area contributed by atoms with Gasteiger partial charge in [0.1, 0.15) is 0 Å². The lowest BCUT2D eigenvalue weighted by molar-refractivity contribution is 0.0519. The molecule has 0 aliphatic rings. The molecule has 0 amide bonds. The Kier molecular flexibility index (Phi) is 5.60. The lowest BCUT2D eigenvalue weighted by atomic mass is 10.1. The van der Waals surface area contributed by atoms with Crippen LogP contribution >= 0.6 is 31.9 Å². The van der Waals surface area contributed by atoms with Gasteiger partial charge in [-0.3, -0.25) is 0 Å².